The zero-order valence-electron chi connectivity index (χ0n) is 14.5. The molecule has 1 unspecified atom stereocenters. The molecular weight excluding hydrogens is 326 g/mol. The van der Waals surface area contributed by atoms with Gasteiger partial charge in [-0.05, 0) is 18.1 Å². The van der Waals surface area contributed by atoms with Crippen molar-refractivity contribution in [3.8, 4) is 6.07 Å². The number of rotatable bonds is 7. The summed E-state index contributed by atoms with van der Waals surface area (Å²) in [6, 6.07) is 19.5. The number of carbonyl (C=O) groups excluding carboxylic acids is 2. The fraction of sp³-hybridized carbons (Fsp3) is 0.136. The number of Topliss-reactive ketones (excluding diaryl/α,β-unsaturated/α-hetero) is 1. The average molecular weight is 345 g/mol. The molecule has 2 aromatic carbocycles. The molecule has 0 saturated heterocycles. The van der Waals surface area contributed by atoms with Crippen LogP contribution in [0.2, 0.25) is 0 Å². The number of hydrogen-bond acceptors (Lipinski definition) is 4. The van der Waals surface area contributed by atoms with E-state index in [0.29, 0.717) is 22.3 Å². The Morgan fingerprint density at radius 2 is 1.62 bits per heavy atom. The Hall–Kier alpha value is -3.45. The molecule has 0 heterocycles. The quantitative estimate of drug-likeness (QED) is 0.248. The van der Waals surface area contributed by atoms with Crippen LogP contribution < -0.4 is 0 Å². The van der Waals surface area contributed by atoms with Crippen LogP contribution in [0.4, 0.5) is 0 Å². The molecule has 0 aliphatic heterocycles. The van der Waals surface area contributed by atoms with Crippen molar-refractivity contribution >= 4 is 17.3 Å². The minimum Gasteiger partial charge on any atom is -0.461 e. The number of ketones is 1. The summed E-state index contributed by atoms with van der Waals surface area (Å²) in [5, 5.41) is 9.44. The molecule has 0 aromatic heterocycles. The maximum absolute atomic E-state index is 13.1. The van der Waals surface area contributed by atoms with Crippen LogP contribution in [0.1, 0.15) is 22.8 Å². The molecule has 26 heavy (non-hydrogen) atoms. The molecule has 0 fully saturated rings. The van der Waals surface area contributed by atoms with Gasteiger partial charge in [-0.1, -0.05) is 73.3 Å². The van der Waals surface area contributed by atoms with E-state index in [-0.39, 0.29) is 6.61 Å². The number of carbonyl (C=O) groups is 2. The van der Waals surface area contributed by atoms with Gasteiger partial charge in [0.2, 0.25) is 0 Å². The first-order chi connectivity index (χ1) is 12.6. The molecule has 2 rings (SSSR count). The lowest BCUT2D eigenvalue weighted by molar-refractivity contribution is -0.143. The molecule has 0 amide bonds. The van der Waals surface area contributed by atoms with Gasteiger partial charge in [0.1, 0.15) is 12.5 Å². The van der Waals surface area contributed by atoms with Crippen LogP contribution in [0.25, 0.3) is 5.57 Å². The van der Waals surface area contributed by atoms with Gasteiger partial charge >= 0.3 is 5.97 Å². The van der Waals surface area contributed by atoms with E-state index in [4.69, 9.17) is 4.74 Å². The van der Waals surface area contributed by atoms with Gasteiger partial charge in [-0.3, -0.25) is 9.59 Å². The summed E-state index contributed by atoms with van der Waals surface area (Å²) in [5.74, 6) is -2.33. The van der Waals surface area contributed by atoms with Crippen molar-refractivity contribution in [1.82, 2.24) is 0 Å². The van der Waals surface area contributed by atoms with E-state index in [9.17, 15) is 14.9 Å². The third-order valence-corrected chi connectivity index (χ3v) is 3.84. The highest BCUT2D eigenvalue weighted by molar-refractivity contribution is 6.17. The van der Waals surface area contributed by atoms with Gasteiger partial charge in [-0.15, -0.1) is 0 Å². The number of ether oxygens (including phenoxy) is 1. The molecule has 0 radical (unpaired) electrons. The van der Waals surface area contributed by atoms with Crippen LogP contribution in [0, 0.1) is 17.2 Å². The highest BCUT2D eigenvalue weighted by Crippen LogP contribution is 2.31. The summed E-state index contributed by atoms with van der Waals surface area (Å²) in [4.78, 5) is 25.8. The normalized spacial score (nSPS) is 12.3. The minimum atomic E-state index is -1.22. The molecule has 4 heteroatoms. The number of hydrogen-bond donors (Lipinski definition) is 0. The third kappa shape index (κ3) is 4.34. The van der Waals surface area contributed by atoms with E-state index < -0.39 is 17.7 Å². The number of benzene rings is 2. The lowest BCUT2D eigenvalue weighted by atomic mass is 9.84. The molecule has 1 atom stereocenters. The number of nitrogens with zero attached hydrogens (tertiary/aromatic N) is 1. The van der Waals surface area contributed by atoms with E-state index in [2.05, 4.69) is 12.6 Å². The van der Waals surface area contributed by atoms with E-state index in [0.717, 1.165) is 0 Å². The van der Waals surface area contributed by atoms with Crippen molar-refractivity contribution in [1.29, 1.82) is 5.26 Å². The lowest BCUT2D eigenvalue weighted by Gasteiger charge is -2.19. The maximum Gasteiger partial charge on any atom is 0.321 e. The lowest BCUT2D eigenvalue weighted by Crippen LogP contribution is -2.28. The second-order valence-electron chi connectivity index (χ2n) is 5.60. The summed E-state index contributed by atoms with van der Waals surface area (Å²) in [6.45, 7) is 5.11. The maximum atomic E-state index is 13.1. The van der Waals surface area contributed by atoms with Crippen LogP contribution in [-0.2, 0) is 9.53 Å². The second-order valence-corrected chi connectivity index (χ2v) is 5.60. The highest BCUT2D eigenvalue weighted by atomic mass is 16.5. The Kier molecular flexibility index (Phi) is 6.64. The van der Waals surface area contributed by atoms with Crippen molar-refractivity contribution in [2.75, 3.05) is 6.61 Å². The van der Waals surface area contributed by atoms with Gasteiger partial charge in [-0.2, -0.15) is 5.26 Å². The Morgan fingerprint density at radius 3 is 2.12 bits per heavy atom. The molecule has 4 nitrogen and oxygen atoms in total. The molecule has 0 saturated carbocycles. The smallest absolute Gasteiger partial charge is 0.321 e. The van der Waals surface area contributed by atoms with Crippen molar-refractivity contribution in [2.45, 2.75) is 6.92 Å². The van der Waals surface area contributed by atoms with Crippen LogP contribution in [0.5, 0.6) is 0 Å². The van der Waals surface area contributed by atoms with Crippen molar-refractivity contribution in [3.63, 3.8) is 0 Å². The Bertz CT molecular complexity index is 861. The Morgan fingerprint density at radius 1 is 1.08 bits per heavy atom. The first-order valence-corrected chi connectivity index (χ1v) is 8.13. The van der Waals surface area contributed by atoms with Crippen LogP contribution in [-0.4, -0.2) is 18.4 Å². The van der Waals surface area contributed by atoms with Crippen molar-refractivity contribution < 1.29 is 14.3 Å². The molecule has 2 aromatic rings. The number of nitriles is 1. The highest BCUT2D eigenvalue weighted by Gasteiger charge is 2.34. The third-order valence-electron chi connectivity index (χ3n) is 3.84. The van der Waals surface area contributed by atoms with Crippen LogP contribution >= 0.6 is 0 Å². The largest absolute Gasteiger partial charge is 0.461 e. The molecular formula is C22H19NO3. The van der Waals surface area contributed by atoms with Gasteiger partial charge in [-0.25, -0.2) is 0 Å². The summed E-state index contributed by atoms with van der Waals surface area (Å²) in [6.07, 6.45) is 1.44. The van der Waals surface area contributed by atoms with Gasteiger partial charge in [0, 0.05) is 11.1 Å². The summed E-state index contributed by atoms with van der Waals surface area (Å²) in [7, 11) is 0. The summed E-state index contributed by atoms with van der Waals surface area (Å²) < 4.78 is 5.17. The monoisotopic (exact) mass is 345 g/mol. The Balaban J connectivity index is 2.61. The number of esters is 1. The van der Waals surface area contributed by atoms with Gasteiger partial charge in [0.05, 0.1) is 6.07 Å². The van der Waals surface area contributed by atoms with Crippen molar-refractivity contribution in [3.05, 3.63) is 90.0 Å². The summed E-state index contributed by atoms with van der Waals surface area (Å²) in [5.41, 5.74) is 1.67. The standard InChI is InChI=1S/C22H19NO3/c1-3-14-26-22(25)20(21(24)18-12-8-5-9-13-18)19(16(2)15-23)17-10-6-4-7-11-17/h3-13,20H,1,14H2,2H3/b19-16-. The zero-order valence-corrected chi connectivity index (χ0v) is 14.5. The topological polar surface area (TPSA) is 67.2 Å². The second kappa shape index (κ2) is 9.14. The average Bonchev–Trinajstić information content (AvgIpc) is 2.70. The molecule has 130 valence electrons. The predicted molar refractivity (Wildman–Crippen MR) is 100 cm³/mol. The minimum absolute atomic E-state index is 0.00886. The first-order valence-electron chi connectivity index (χ1n) is 8.13. The SMILES string of the molecule is C=CCOC(=O)C(C(=O)c1ccccc1)/C(=C(/C)C#N)c1ccccc1. The van der Waals surface area contributed by atoms with E-state index in [1.165, 1.54) is 6.08 Å². The first kappa shape index (κ1) is 18.9. The molecule has 0 aliphatic rings. The fourth-order valence-corrected chi connectivity index (χ4v) is 2.63. The Labute approximate surface area is 153 Å². The van der Waals surface area contributed by atoms with E-state index in [1.54, 1.807) is 61.5 Å². The van der Waals surface area contributed by atoms with Gasteiger partial charge < -0.3 is 4.74 Å². The zero-order chi connectivity index (χ0) is 18.9. The van der Waals surface area contributed by atoms with Gasteiger partial charge in [0.15, 0.2) is 5.78 Å². The van der Waals surface area contributed by atoms with Gasteiger partial charge in [0.25, 0.3) is 0 Å². The fourth-order valence-electron chi connectivity index (χ4n) is 2.63. The molecule has 0 spiro atoms. The van der Waals surface area contributed by atoms with Crippen molar-refractivity contribution in [2.24, 2.45) is 5.92 Å². The van der Waals surface area contributed by atoms with E-state index >= 15 is 0 Å². The van der Waals surface area contributed by atoms with E-state index in [1.807, 2.05) is 6.07 Å². The van der Waals surface area contributed by atoms with Crippen LogP contribution in [0.15, 0.2) is 78.9 Å². The number of allylic oxidation sites excluding steroid dienone is 1. The predicted octanol–water partition coefficient (Wildman–Crippen LogP) is 4.21. The van der Waals surface area contributed by atoms with Crippen LogP contribution in [0.3, 0.4) is 0 Å². The molecule has 0 N–H and O–H groups in total. The molecule has 0 aliphatic carbocycles. The molecule has 0 bridgehead atoms. The summed E-state index contributed by atoms with van der Waals surface area (Å²) >= 11 is 0.